The van der Waals surface area contributed by atoms with E-state index in [1.54, 1.807) is 0 Å². The first kappa shape index (κ1) is 15.6. The molecule has 2 nitrogen and oxygen atoms in total. The maximum absolute atomic E-state index is 4.78. The van der Waals surface area contributed by atoms with Crippen molar-refractivity contribution in [2.45, 2.75) is 46.5 Å². The Labute approximate surface area is 104 Å². The van der Waals surface area contributed by atoms with Gasteiger partial charge in [-0.05, 0) is 30.6 Å². The fourth-order valence-electron chi connectivity index (χ4n) is 2.07. The molecule has 92 valence electrons. The van der Waals surface area contributed by atoms with Crippen LogP contribution in [-0.4, -0.2) is 31.0 Å². The number of hydrogen-bond donors (Lipinski definition) is 0. The van der Waals surface area contributed by atoms with Gasteiger partial charge in [0.1, 0.15) is 21.0 Å². The largest absolute Gasteiger partial charge is 0.449 e. The molecule has 0 heterocycles. The molecule has 1 saturated carbocycles. The van der Waals surface area contributed by atoms with Crippen LogP contribution in [0.2, 0.25) is 0 Å². The van der Waals surface area contributed by atoms with Crippen LogP contribution in [-0.2, 0) is 8.23 Å². The summed E-state index contributed by atoms with van der Waals surface area (Å²) in [6.07, 6.45) is 5.92. The first-order chi connectivity index (χ1) is 7.11. The van der Waals surface area contributed by atoms with Crippen LogP contribution >= 0.6 is 0 Å². The van der Waals surface area contributed by atoms with Crippen LogP contribution in [0.25, 0.3) is 0 Å². The topological polar surface area (TPSA) is 18.5 Å². The molecule has 0 atom stereocenters. The van der Waals surface area contributed by atoms with Crippen LogP contribution < -0.4 is 0 Å². The lowest BCUT2D eigenvalue weighted by Crippen LogP contribution is -2.16. The highest BCUT2D eigenvalue weighted by Gasteiger charge is 2.19. The summed E-state index contributed by atoms with van der Waals surface area (Å²) >= 11 is 0. The highest BCUT2D eigenvalue weighted by atomic mass is 28.3. The first-order valence-corrected chi connectivity index (χ1v) is 8.88. The van der Waals surface area contributed by atoms with Crippen LogP contribution in [0.4, 0.5) is 0 Å². The third kappa shape index (κ3) is 8.39. The summed E-state index contributed by atoms with van der Waals surface area (Å²) in [6, 6.07) is 0. The Morgan fingerprint density at radius 2 is 1.53 bits per heavy atom. The van der Waals surface area contributed by atoms with E-state index in [9.17, 15) is 0 Å². The van der Waals surface area contributed by atoms with E-state index in [1.165, 1.54) is 25.7 Å². The number of rotatable bonds is 3. The van der Waals surface area contributed by atoms with Crippen molar-refractivity contribution in [2.75, 3.05) is 0 Å². The molecule has 1 fully saturated rings. The lowest BCUT2D eigenvalue weighted by atomic mass is 9.78. The molecular formula is C10H28O2Si3. The monoisotopic (exact) mass is 264 g/mol. The fourth-order valence-corrected chi connectivity index (χ4v) is 5.13. The van der Waals surface area contributed by atoms with Gasteiger partial charge in [-0.25, -0.2) is 0 Å². The van der Waals surface area contributed by atoms with E-state index in [2.05, 4.69) is 20.8 Å². The van der Waals surface area contributed by atoms with Gasteiger partial charge in [-0.2, -0.15) is 0 Å². The van der Waals surface area contributed by atoms with Crippen LogP contribution in [0.5, 0.6) is 0 Å². The second-order valence-corrected chi connectivity index (χ2v) is 9.81. The maximum Gasteiger partial charge on any atom is 0.282 e. The molecule has 0 aromatic rings. The molecule has 1 rings (SSSR count). The van der Waals surface area contributed by atoms with Crippen molar-refractivity contribution in [2.24, 2.45) is 17.8 Å². The Bertz CT molecular complexity index is 135. The van der Waals surface area contributed by atoms with E-state index >= 15 is 0 Å². The molecule has 0 aromatic carbocycles. The molecule has 5 heteroatoms. The minimum absolute atomic E-state index is 0.444. The zero-order valence-corrected chi connectivity index (χ0v) is 16.5. The predicted octanol–water partition coefficient (Wildman–Crippen LogP) is 0.0479. The summed E-state index contributed by atoms with van der Waals surface area (Å²) in [6.45, 7) is 7.11. The van der Waals surface area contributed by atoms with Gasteiger partial charge < -0.3 is 8.23 Å². The zero-order chi connectivity index (χ0) is 11.7. The van der Waals surface area contributed by atoms with E-state index in [4.69, 9.17) is 8.23 Å². The zero-order valence-electron chi connectivity index (χ0n) is 11.1. The van der Waals surface area contributed by atoms with Gasteiger partial charge in [0.05, 0.1) is 0 Å². The molecule has 0 aromatic heterocycles. The lowest BCUT2D eigenvalue weighted by Gasteiger charge is -2.28. The van der Waals surface area contributed by atoms with E-state index in [0.717, 1.165) is 38.7 Å². The van der Waals surface area contributed by atoms with Crippen LogP contribution in [0.3, 0.4) is 0 Å². The molecule has 0 bridgehead atoms. The Morgan fingerprint density at radius 3 is 1.80 bits per heavy atom. The van der Waals surface area contributed by atoms with Gasteiger partial charge in [0.25, 0.3) is 10.0 Å². The molecule has 0 spiro atoms. The van der Waals surface area contributed by atoms with Crippen molar-refractivity contribution >= 4 is 31.0 Å². The molecule has 0 saturated heterocycles. The van der Waals surface area contributed by atoms with Crippen molar-refractivity contribution in [1.29, 1.82) is 0 Å². The summed E-state index contributed by atoms with van der Waals surface area (Å²) in [5, 5.41) is 0. The fraction of sp³-hybridized carbons (Fsp3) is 1.00. The molecule has 0 amide bonds. The third-order valence-electron chi connectivity index (χ3n) is 3.24. The van der Waals surface area contributed by atoms with Crippen molar-refractivity contribution in [3.63, 3.8) is 0 Å². The molecule has 0 radical (unpaired) electrons. The summed E-state index contributed by atoms with van der Waals surface area (Å²) in [5.74, 6) is 2.97. The Balaban J connectivity index is 0.000000336. The average Bonchev–Trinajstić information content (AvgIpc) is 2.20. The summed E-state index contributed by atoms with van der Waals surface area (Å²) < 4.78 is 9.56. The van der Waals surface area contributed by atoms with Crippen molar-refractivity contribution < 1.29 is 8.23 Å². The molecule has 0 aliphatic heterocycles. The Morgan fingerprint density at radius 1 is 1.07 bits per heavy atom. The predicted molar refractivity (Wildman–Crippen MR) is 76.6 cm³/mol. The summed E-state index contributed by atoms with van der Waals surface area (Å²) in [4.78, 5) is 0. The van der Waals surface area contributed by atoms with Gasteiger partial charge in [-0.3, -0.25) is 0 Å². The van der Waals surface area contributed by atoms with Gasteiger partial charge in [0.15, 0.2) is 0 Å². The minimum Gasteiger partial charge on any atom is -0.449 e. The van der Waals surface area contributed by atoms with Crippen LogP contribution in [0.15, 0.2) is 0 Å². The van der Waals surface area contributed by atoms with Crippen molar-refractivity contribution in [3.05, 3.63) is 0 Å². The van der Waals surface area contributed by atoms with Crippen molar-refractivity contribution in [1.82, 2.24) is 0 Å². The van der Waals surface area contributed by atoms with Gasteiger partial charge in [-0.15, -0.1) is 0 Å². The van der Waals surface area contributed by atoms with Gasteiger partial charge in [-0.1, -0.05) is 33.6 Å². The van der Waals surface area contributed by atoms with E-state index in [-0.39, 0.29) is 0 Å². The average molecular weight is 265 g/mol. The highest BCUT2D eigenvalue weighted by Crippen LogP contribution is 2.32. The molecule has 0 unspecified atom stereocenters. The third-order valence-corrected chi connectivity index (χ3v) is 5.12. The van der Waals surface area contributed by atoms with E-state index in [1.807, 2.05) is 0 Å². The van der Waals surface area contributed by atoms with E-state index in [0.29, 0.717) is 0 Å². The second kappa shape index (κ2) is 9.77. The normalized spacial score (nSPS) is 27.2. The van der Waals surface area contributed by atoms with Crippen LogP contribution in [0, 0.1) is 17.8 Å². The van der Waals surface area contributed by atoms with Gasteiger partial charge in [0, 0.05) is 0 Å². The van der Waals surface area contributed by atoms with E-state index < -0.39 is 10.0 Å². The van der Waals surface area contributed by atoms with Gasteiger partial charge >= 0.3 is 0 Å². The number of hydrogen-bond acceptors (Lipinski definition) is 2. The quantitative estimate of drug-likeness (QED) is 0.671. The SMILES string of the molecule is CC1CCC(C(C)C)CC1.[SiH3]O[SiH2]O[SiH3]. The Kier molecular flexibility index (Phi) is 10.1. The smallest absolute Gasteiger partial charge is 0.282 e. The Hall–Kier alpha value is 0.571. The van der Waals surface area contributed by atoms with Crippen LogP contribution in [0.1, 0.15) is 46.5 Å². The highest BCUT2D eigenvalue weighted by molar-refractivity contribution is 6.33. The molecular weight excluding hydrogens is 236 g/mol. The second-order valence-electron chi connectivity index (χ2n) is 4.96. The molecule has 15 heavy (non-hydrogen) atoms. The summed E-state index contributed by atoms with van der Waals surface area (Å²) in [7, 11) is 1.27. The first-order valence-electron chi connectivity index (χ1n) is 6.09. The molecule has 1 aliphatic carbocycles. The van der Waals surface area contributed by atoms with Crippen molar-refractivity contribution in [3.8, 4) is 0 Å². The maximum atomic E-state index is 4.78. The molecule has 0 N–H and O–H groups in total. The summed E-state index contributed by atoms with van der Waals surface area (Å²) in [5.41, 5.74) is 0. The standard InChI is InChI=1S/C10H20.H8O2Si3/c1-8(2)10-6-4-9(3)5-7-10;3-1-5-2-4/h8-10H,4-7H2,1-3H3;5H2,3-4H3. The lowest BCUT2D eigenvalue weighted by molar-refractivity contribution is 0.234. The minimum atomic E-state index is -0.444. The van der Waals surface area contributed by atoms with Gasteiger partial charge in [0.2, 0.25) is 0 Å². The molecule has 1 aliphatic rings.